The van der Waals surface area contributed by atoms with E-state index in [-0.39, 0.29) is 4.90 Å². The Labute approximate surface area is 200 Å². The Morgan fingerprint density at radius 3 is 2.38 bits per heavy atom. The lowest BCUT2D eigenvalue weighted by Gasteiger charge is -2.48. The quantitative estimate of drug-likeness (QED) is 0.570. The Hall–Kier alpha value is -3.07. The number of hydrogen-bond donors (Lipinski definition) is 1. The Balaban J connectivity index is 1.51. The number of anilines is 3. The molecule has 3 aliphatic rings. The van der Waals surface area contributed by atoms with Gasteiger partial charge in [0.1, 0.15) is 4.90 Å². The summed E-state index contributed by atoms with van der Waals surface area (Å²) in [6.45, 7) is 6.18. The molecule has 3 aliphatic heterocycles. The molecule has 0 unspecified atom stereocenters. The molecule has 0 atom stereocenters. The maximum Gasteiger partial charge on any atom is 0.296 e. The maximum atomic E-state index is 12.6. The van der Waals surface area contributed by atoms with Gasteiger partial charge in [-0.25, -0.2) is 0 Å². The molecule has 176 valence electrons. The van der Waals surface area contributed by atoms with Gasteiger partial charge in [0, 0.05) is 43.1 Å². The summed E-state index contributed by atoms with van der Waals surface area (Å²) in [5, 5.41) is 0. The van der Waals surface area contributed by atoms with Crippen LogP contribution in [0.2, 0.25) is 0 Å². The predicted molar refractivity (Wildman–Crippen MR) is 135 cm³/mol. The SMILES string of the molecule is CCN1CN(C)Cc2cc(S(=O)(=O)O)c3c(c21)CN1CN3Cc2cc(-c3ccccc3)ccc21. The van der Waals surface area contributed by atoms with Crippen LogP contribution < -0.4 is 14.7 Å². The molecule has 7 nitrogen and oxygen atoms in total. The van der Waals surface area contributed by atoms with Gasteiger partial charge < -0.3 is 14.7 Å². The van der Waals surface area contributed by atoms with Crippen molar-refractivity contribution in [2.75, 3.05) is 41.6 Å². The summed E-state index contributed by atoms with van der Waals surface area (Å²) in [6, 6.07) is 18.5. The third-order valence-electron chi connectivity index (χ3n) is 7.14. The molecular weight excluding hydrogens is 448 g/mol. The summed E-state index contributed by atoms with van der Waals surface area (Å²) in [5.74, 6) is 0. The number of rotatable bonds is 3. The highest BCUT2D eigenvalue weighted by molar-refractivity contribution is 7.86. The fraction of sp³-hybridized carbons (Fsp3) is 0.308. The van der Waals surface area contributed by atoms with E-state index in [9.17, 15) is 13.0 Å². The molecule has 6 rings (SSSR count). The first-order valence-electron chi connectivity index (χ1n) is 11.6. The summed E-state index contributed by atoms with van der Waals surface area (Å²) in [5.41, 5.74) is 8.34. The zero-order valence-electron chi connectivity index (χ0n) is 19.4. The van der Waals surface area contributed by atoms with E-state index in [1.54, 1.807) is 6.07 Å². The third-order valence-corrected chi connectivity index (χ3v) is 8.00. The second-order valence-corrected chi connectivity index (χ2v) is 10.8. The number of fused-ring (bicyclic) bond motifs is 8. The molecule has 3 aromatic rings. The zero-order valence-corrected chi connectivity index (χ0v) is 20.2. The van der Waals surface area contributed by atoms with E-state index in [1.807, 2.05) is 25.2 Å². The molecule has 0 saturated heterocycles. The lowest BCUT2D eigenvalue weighted by Crippen LogP contribution is -2.48. The van der Waals surface area contributed by atoms with Crippen LogP contribution in [0.4, 0.5) is 17.1 Å². The van der Waals surface area contributed by atoms with Gasteiger partial charge in [0.2, 0.25) is 0 Å². The topological polar surface area (TPSA) is 67.3 Å². The summed E-state index contributed by atoms with van der Waals surface area (Å²) in [6.07, 6.45) is 0. The number of hydrogen-bond acceptors (Lipinski definition) is 6. The molecule has 0 saturated carbocycles. The van der Waals surface area contributed by atoms with E-state index in [4.69, 9.17) is 0 Å². The van der Waals surface area contributed by atoms with Crippen LogP contribution in [0.5, 0.6) is 0 Å². The van der Waals surface area contributed by atoms with Crippen LogP contribution in [0.15, 0.2) is 59.5 Å². The Kier molecular flexibility index (Phi) is 4.88. The van der Waals surface area contributed by atoms with Crippen LogP contribution in [0.3, 0.4) is 0 Å². The van der Waals surface area contributed by atoms with E-state index in [0.717, 1.165) is 46.7 Å². The molecule has 0 fully saturated rings. The fourth-order valence-corrected chi connectivity index (χ4v) is 6.55. The van der Waals surface area contributed by atoms with Gasteiger partial charge in [-0.2, -0.15) is 8.42 Å². The van der Waals surface area contributed by atoms with Crippen LogP contribution in [0.25, 0.3) is 11.1 Å². The first kappa shape index (κ1) is 21.5. The van der Waals surface area contributed by atoms with Crippen molar-refractivity contribution in [1.82, 2.24) is 4.90 Å². The van der Waals surface area contributed by atoms with Gasteiger partial charge in [-0.1, -0.05) is 36.4 Å². The number of benzene rings is 3. The Bertz CT molecular complexity index is 1390. The molecule has 8 heteroatoms. The lowest BCUT2D eigenvalue weighted by molar-refractivity contribution is 0.309. The van der Waals surface area contributed by atoms with Gasteiger partial charge in [-0.15, -0.1) is 0 Å². The molecule has 0 radical (unpaired) electrons. The first-order valence-corrected chi connectivity index (χ1v) is 13.1. The predicted octanol–water partition coefficient (Wildman–Crippen LogP) is 4.13. The van der Waals surface area contributed by atoms with Gasteiger partial charge in [-0.3, -0.25) is 9.45 Å². The maximum absolute atomic E-state index is 12.6. The van der Waals surface area contributed by atoms with Gasteiger partial charge >= 0.3 is 0 Å². The molecule has 34 heavy (non-hydrogen) atoms. The molecule has 3 aromatic carbocycles. The molecule has 0 aliphatic carbocycles. The first-order chi connectivity index (χ1) is 16.3. The minimum Gasteiger partial charge on any atom is -0.358 e. The summed E-state index contributed by atoms with van der Waals surface area (Å²) in [4.78, 5) is 8.90. The van der Waals surface area contributed by atoms with Crippen LogP contribution >= 0.6 is 0 Å². The van der Waals surface area contributed by atoms with Crippen molar-refractivity contribution >= 4 is 27.2 Å². The second kappa shape index (κ2) is 7.73. The Morgan fingerprint density at radius 1 is 0.853 bits per heavy atom. The van der Waals surface area contributed by atoms with Gasteiger partial charge in [-0.05, 0) is 54.4 Å². The molecule has 0 aromatic heterocycles. The normalized spacial score (nSPS) is 17.3. The highest BCUT2D eigenvalue weighted by Crippen LogP contribution is 2.48. The van der Waals surface area contributed by atoms with Crippen molar-refractivity contribution < 1.29 is 13.0 Å². The molecule has 2 bridgehead atoms. The van der Waals surface area contributed by atoms with Gasteiger partial charge in [0.25, 0.3) is 10.1 Å². The minimum atomic E-state index is -4.38. The molecule has 0 spiro atoms. The van der Waals surface area contributed by atoms with E-state index in [1.165, 1.54) is 5.69 Å². The van der Waals surface area contributed by atoms with Crippen molar-refractivity contribution in [2.24, 2.45) is 0 Å². The average molecular weight is 477 g/mol. The standard InChI is InChI=1S/C26H28N4O3S/c1-3-28-16-27(2)13-21-12-24(34(31,32)33)26-22(25(21)28)15-29-17-30(26)14-20-11-19(9-10-23(20)29)18-7-5-4-6-8-18/h4-12H,3,13-17H2,1-2H3,(H,31,32,33). The van der Waals surface area contributed by atoms with Crippen molar-refractivity contribution in [3.05, 3.63) is 71.3 Å². The fourth-order valence-electron chi connectivity index (χ4n) is 5.76. The van der Waals surface area contributed by atoms with E-state index in [0.29, 0.717) is 32.0 Å². The van der Waals surface area contributed by atoms with Crippen LogP contribution in [0.1, 0.15) is 23.6 Å². The summed E-state index contributed by atoms with van der Waals surface area (Å²) in [7, 11) is -2.35. The molecule has 1 N–H and O–H groups in total. The molecule has 0 amide bonds. The van der Waals surface area contributed by atoms with Crippen molar-refractivity contribution in [3.8, 4) is 11.1 Å². The van der Waals surface area contributed by atoms with E-state index < -0.39 is 10.1 Å². The largest absolute Gasteiger partial charge is 0.358 e. The third kappa shape index (κ3) is 3.36. The smallest absolute Gasteiger partial charge is 0.296 e. The summed E-state index contributed by atoms with van der Waals surface area (Å²) < 4.78 is 35.3. The lowest BCUT2D eigenvalue weighted by atomic mass is 9.94. The Morgan fingerprint density at radius 2 is 1.65 bits per heavy atom. The second-order valence-electron chi connectivity index (χ2n) is 9.44. The highest BCUT2D eigenvalue weighted by Gasteiger charge is 2.38. The monoisotopic (exact) mass is 476 g/mol. The van der Waals surface area contributed by atoms with E-state index in [2.05, 4.69) is 56.9 Å². The minimum absolute atomic E-state index is 0.0231. The highest BCUT2D eigenvalue weighted by atomic mass is 32.2. The average Bonchev–Trinajstić information content (AvgIpc) is 2.82. The molecule has 3 heterocycles. The van der Waals surface area contributed by atoms with Crippen molar-refractivity contribution in [1.29, 1.82) is 0 Å². The zero-order chi connectivity index (χ0) is 23.6. The van der Waals surface area contributed by atoms with Crippen molar-refractivity contribution in [3.63, 3.8) is 0 Å². The van der Waals surface area contributed by atoms with Crippen molar-refractivity contribution in [2.45, 2.75) is 31.5 Å². The number of nitrogens with zero attached hydrogens (tertiary/aromatic N) is 4. The van der Waals surface area contributed by atoms with Crippen LogP contribution in [-0.4, -0.2) is 44.8 Å². The van der Waals surface area contributed by atoms with Crippen LogP contribution in [-0.2, 0) is 29.8 Å². The van der Waals surface area contributed by atoms with E-state index >= 15 is 0 Å². The van der Waals surface area contributed by atoms with Gasteiger partial charge in [0.15, 0.2) is 0 Å². The molecular formula is C26H28N4O3S. The summed E-state index contributed by atoms with van der Waals surface area (Å²) >= 11 is 0. The van der Waals surface area contributed by atoms with Gasteiger partial charge in [0.05, 0.1) is 19.0 Å². The van der Waals surface area contributed by atoms with Crippen LogP contribution in [0, 0.1) is 0 Å².